The molecule has 4 rings (SSSR count). The third-order valence-corrected chi connectivity index (χ3v) is 6.36. The Labute approximate surface area is 189 Å². The van der Waals surface area contributed by atoms with E-state index in [4.69, 9.17) is 16.3 Å². The summed E-state index contributed by atoms with van der Waals surface area (Å²) in [6.45, 7) is 2.40. The largest absolute Gasteiger partial charge is 0.494 e. The lowest BCUT2D eigenvalue weighted by Crippen LogP contribution is -2.26. The maximum atomic E-state index is 12.5. The van der Waals surface area contributed by atoms with E-state index in [0.29, 0.717) is 34.7 Å². The van der Waals surface area contributed by atoms with Crippen molar-refractivity contribution >= 4 is 43.9 Å². The molecule has 0 spiro atoms. The standard InChI is InChI=1S/C21H19ClN4O5S/c1-3-31-16-8-7-14-10-17(21(22)23-18(14)11-16)20-12-19(24-25(20)32(2,29)30)13-5-4-6-15(9-13)26(27)28/h4-11,20H,3,12H2,1-2H3. The molecule has 0 aliphatic carbocycles. The van der Waals surface area contributed by atoms with Crippen molar-refractivity contribution in [2.75, 3.05) is 12.9 Å². The molecule has 0 saturated heterocycles. The highest BCUT2D eigenvalue weighted by atomic mass is 35.5. The average molecular weight is 475 g/mol. The van der Waals surface area contributed by atoms with Crippen molar-refractivity contribution in [1.82, 2.24) is 9.40 Å². The van der Waals surface area contributed by atoms with Gasteiger partial charge >= 0.3 is 0 Å². The van der Waals surface area contributed by atoms with Crippen LogP contribution in [-0.4, -0.2) is 41.3 Å². The summed E-state index contributed by atoms with van der Waals surface area (Å²) in [5.41, 5.74) is 1.90. The van der Waals surface area contributed by atoms with Crippen LogP contribution in [0.3, 0.4) is 0 Å². The van der Waals surface area contributed by atoms with E-state index in [1.54, 1.807) is 24.3 Å². The third-order valence-electron chi connectivity index (χ3n) is 5.04. The van der Waals surface area contributed by atoms with Crippen LogP contribution in [0.15, 0.2) is 53.6 Å². The molecule has 166 valence electrons. The number of rotatable bonds is 6. The fourth-order valence-corrected chi connectivity index (χ4v) is 4.80. The summed E-state index contributed by atoms with van der Waals surface area (Å²) < 4.78 is 31.5. The molecule has 1 aliphatic heterocycles. The number of hydrazone groups is 1. The summed E-state index contributed by atoms with van der Waals surface area (Å²) >= 11 is 6.47. The van der Waals surface area contributed by atoms with Crippen LogP contribution >= 0.6 is 11.6 Å². The molecule has 0 fully saturated rings. The molecule has 9 nitrogen and oxygen atoms in total. The van der Waals surface area contributed by atoms with Crippen LogP contribution in [0.25, 0.3) is 10.9 Å². The third kappa shape index (κ3) is 4.23. The first-order chi connectivity index (χ1) is 15.2. The van der Waals surface area contributed by atoms with Crippen LogP contribution in [0, 0.1) is 10.1 Å². The number of non-ortho nitro benzene ring substituents is 1. The molecular formula is C21H19ClN4O5S. The van der Waals surface area contributed by atoms with E-state index in [1.165, 1.54) is 18.2 Å². The minimum atomic E-state index is -3.75. The minimum Gasteiger partial charge on any atom is -0.494 e. The number of ether oxygens (including phenoxy) is 1. The Hall–Kier alpha value is -3.24. The molecule has 0 saturated carbocycles. The molecule has 0 radical (unpaired) electrons. The SMILES string of the molecule is CCOc1ccc2cc(C3CC(c4cccc([N+](=O)[O-])c4)=NN3S(C)(=O)=O)c(Cl)nc2c1. The van der Waals surface area contributed by atoms with E-state index in [1.807, 2.05) is 13.0 Å². The van der Waals surface area contributed by atoms with Crippen LogP contribution in [0.4, 0.5) is 5.69 Å². The maximum Gasteiger partial charge on any atom is 0.270 e. The summed E-state index contributed by atoms with van der Waals surface area (Å²) in [5, 5.41) is 16.3. The van der Waals surface area contributed by atoms with E-state index in [9.17, 15) is 18.5 Å². The normalized spacial score (nSPS) is 16.3. The Bertz CT molecular complexity index is 1360. The van der Waals surface area contributed by atoms with E-state index < -0.39 is 21.0 Å². The zero-order chi connectivity index (χ0) is 23.0. The van der Waals surface area contributed by atoms with Gasteiger partial charge in [-0.05, 0) is 25.1 Å². The summed E-state index contributed by atoms with van der Waals surface area (Å²) in [6.07, 6.45) is 1.24. The molecule has 0 amide bonds. The maximum absolute atomic E-state index is 12.5. The van der Waals surface area contributed by atoms with E-state index >= 15 is 0 Å². The zero-order valence-electron chi connectivity index (χ0n) is 17.2. The lowest BCUT2D eigenvalue weighted by Gasteiger charge is -2.22. The van der Waals surface area contributed by atoms with Crippen molar-refractivity contribution in [3.05, 3.63) is 74.9 Å². The molecule has 1 aliphatic rings. The van der Waals surface area contributed by atoms with Gasteiger partial charge in [0.25, 0.3) is 5.69 Å². The topological polar surface area (TPSA) is 115 Å². The number of aromatic nitrogens is 1. The number of nitro benzene ring substituents is 1. The van der Waals surface area contributed by atoms with Gasteiger partial charge < -0.3 is 4.74 Å². The second-order valence-corrected chi connectivity index (χ2v) is 9.46. The Morgan fingerprint density at radius 1 is 1.25 bits per heavy atom. The van der Waals surface area contributed by atoms with Crippen LogP contribution in [-0.2, 0) is 10.0 Å². The molecule has 2 heterocycles. The smallest absolute Gasteiger partial charge is 0.270 e. The fourth-order valence-electron chi connectivity index (χ4n) is 3.63. The highest BCUT2D eigenvalue weighted by Gasteiger charge is 2.36. The monoisotopic (exact) mass is 474 g/mol. The lowest BCUT2D eigenvalue weighted by atomic mass is 9.99. The molecule has 1 unspecified atom stereocenters. The van der Waals surface area contributed by atoms with Gasteiger partial charge in [0, 0.05) is 41.1 Å². The number of hydrogen-bond acceptors (Lipinski definition) is 7. The van der Waals surface area contributed by atoms with E-state index in [0.717, 1.165) is 16.1 Å². The molecule has 0 N–H and O–H groups in total. The number of pyridine rings is 1. The quantitative estimate of drug-likeness (QED) is 0.298. The van der Waals surface area contributed by atoms with Gasteiger partial charge in [-0.2, -0.15) is 9.52 Å². The Balaban J connectivity index is 1.77. The summed E-state index contributed by atoms with van der Waals surface area (Å²) in [5.74, 6) is 0.659. The van der Waals surface area contributed by atoms with Crippen LogP contribution < -0.4 is 4.74 Å². The minimum absolute atomic E-state index is 0.102. The first kappa shape index (κ1) is 22.0. The Kier molecular flexibility index (Phi) is 5.74. The van der Waals surface area contributed by atoms with Crippen molar-refractivity contribution in [1.29, 1.82) is 0 Å². The van der Waals surface area contributed by atoms with Gasteiger partial charge in [-0.15, -0.1) is 0 Å². The van der Waals surface area contributed by atoms with Crippen LogP contribution in [0.1, 0.15) is 30.5 Å². The number of nitrogens with zero attached hydrogens (tertiary/aromatic N) is 4. The van der Waals surface area contributed by atoms with Crippen LogP contribution in [0.2, 0.25) is 5.15 Å². The zero-order valence-corrected chi connectivity index (χ0v) is 18.8. The van der Waals surface area contributed by atoms with Gasteiger partial charge in [0.15, 0.2) is 0 Å². The summed E-state index contributed by atoms with van der Waals surface area (Å²) in [6, 6.07) is 12.4. The highest BCUT2D eigenvalue weighted by Crippen LogP contribution is 2.39. The van der Waals surface area contributed by atoms with Crippen molar-refractivity contribution in [3.8, 4) is 5.75 Å². The van der Waals surface area contributed by atoms with Gasteiger partial charge in [-0.3, -0.25) is 10.1 Å². The number of hydrogen-bond donors (Lipinski definition) is 0. The molecular weight excluding hydrogens is 456 g/mol. The predicted octanol–water partition coefficient (Wildman–Crippen LogP) is 4.31. The first-order valence-electron chi connectivity index (χ1n) is 9.72. The van der Waals surface area contributed by atoms with Gasteiger partial charge in [0.05, 0.1) is 35.1 Å². The second-order valence-electron chi connectivity index (χ2n) is 7.27. The lowest BCUT2D eigenvalue weighted by molar-refractivity contribution is -0.384. The van der Waals surface area contributed by atoms with Crippen molar-refractivity contribution in [3.63, 3.8) is 0 Å². The number of halogens is 1. The highest BCUT2D eigenvalue weighted by molar-refractivity contribution is 7.88. The van der Waals surface area contributed by atoms with Gasteiger partial charge in [0.1, 0.15) is 10.9 Å². The number of sulfonamides is 1. The van der Waals surface area contributed by atoms with Gasteiger partial charge in [-0.1, -0.05) is 23.7 Å². The molecule has 11 heteroatoms. The van der Waals surface area contributed by atoms with Crippen LogP contribution in [0.5, 0.6) is 5.75 Å². The van der Waals surface area contributed by atoms with Gasteiger partial charge in [0.2, 0.25) is 10.0 Å². The number of fused-ring (bicyclic) bond motifs is 1. The Morgan fingerprint density at radius 2 is 2.03 bits per heavy atom. The van der Waals surface area contributed by atoms with Crippen molar-refractivity contribution < 1.29 is 18.1 Å². The van der Waals surface area contributed by atoms with E-state index in [2.05, 4.69) is 10.1 Å². The molecule has 32 heavy (non-hydrogen) atoms. The van der Waals surface area contributed by atoms with E-state index in [-0.39, 0.29) is 17.3 Å². The predicted molar refractivity (Wildman–Crippen MR) is 122 cm³/mol. The summed E-state index contributed by atoms with van der Waals surface area (Å²) in [7, 11) is -3.75. The molecule has 3 aromatic rings. The molecule has 1 atom stereocenters. The number of nitro groups is 1. The average Bonchev–Trinajstić information content (AvgIpc) is 3.19. The van der Waals surface area contributed by atoms with Gasteiger partial charge in [-0.25, -0.2) is 13.4 Å². The Morgan fingerprint density at radius 3 is 2.72 bits per heavy atom. The van der Waals surface area contributed by atoms with Crippen molar-refractivity contribution in [2.45, 2.75) is 19.4 Å². The molecule has 1 aromatic heterocycles. The van der Waals surface area contributed by atoms with Crippen molar-refractivity contribution in [2.24, 2.45) is 5.10 Å². The second kappa shape index (κ2) is 8.36. The molecule has 0 bridgehead atoms. The fraction of sp³-hybridized carbons (Fsp3) is 0.238. The first-order valence-corrected chi connectivity index (χ1v) is 11.9. The molecule has 2 aromatic carbocycles. The number of benzene rings is 2. The summed E-state index contributed by atoms with van der Waals surface area (Å²) in [4.78, 5) is 15.1.